The lowest BCUT2D eigenvalue weighted by Gasteiger charge is -2.25. The fraction of sp³-hybridized carbons (Fsp3) is 0.682. The number of aromatic nitrogens is 2. The molecule has 9 nitrogen and oxygen atoms in total. The van der Waals surface area contributed by atoms with Crippen molar-refractivity contribution in [3.05, 3.63) is 38.8 Å². The van der Waals surface area contributed by atoms with Crippen LogP contribution in [-0.4, -0.2) is 86.2 Å². The smallest absolute Gasteiger partial charge is 0.395 e. The lowest BCUT2D eigenvalue weighted by Crippen LogP contribution is -2.41. The predicted molar refractivity (Wildman–Crippen MR) is 122 cm³/mol. The van der Waals surface area contributed by atoms with Crippen LogP contribution in [0.5, 0.6) is 0 Å². The van der Waals surface area contributed by atoms with Crippen molar-refractivity contribution in [2.45, 2.75) is 56.7 Å². The number of non-ortho nitro benzene ring substituents is 1. The van der Waals surface area contributed by atoms with E-state index in [9.17, 15) is 41.3 Å². The molecule has 208 valence electrons. The van der Waals surface area contributed by atoms with Crippen LogP contribution in [0.3, 0.4) is 0 Å². The molecule has 15 heteroatoms. The molecule has 2 aliphatic rings. The Morgan fingerprint density at radius 3 is 2.03 bits per heavy atom. The number of nitro groups is 1. The van der Waals surface area contributed by atoms with E-state index in [0.717, 1.165) is 6.42 Å². The average molecular weight is 541 g/mol. The number of alkyl halides is 6. The lowest BCUT2D eigenvalue weighted by atomic mass is 10.2. The van der Waals surface area contributed by atoms with E-state index in [0.29, 0.717) is 43.4 Å². The summed E-state index contributed by atoms with van der Waals surface area (Å²) in [6.45, 7) is -1.23. The molecule has 2 fully saturated rings. The van der Waals surface area contributed by atoms with Crippen LogP contribution in [0.2, 0.25) is 0 Å². The van der Waals surface area contributed by atoms with Gasteiger partial charge >= 0.3 is 18.0 Å². The molecule has 3 heterocycles. The van der Waals surface area contributed by atoms with Crippen LogP contribution in [0, 0.1) is 10.1 Å². The average Bonchev–Trinajstić information content (AvgIpc) is 3.47. The number of aliphatic hydroxyl groups excluding tert-OH is 1. The van der Waals surface area contributed by atoms with Gasteiger partial charge in [-0.1, -0.05) is 0 Å². The first-order valence-corrected chi connectivity index (χ1v) is 11.8. The first-order valence-electron chi connectivity index (χ1n) is 11.8. The Morgan fingerprint density at radius 2 is 1.51 bits per heavy atom. The standard InChI is InChI=1S/C15H17F3N4O3.C7H12F3NO/c1-19-12-5-4-10(22(24)25)7-13(12)21(14(19)23)8-11-3-2-6-20(11)9-15(16,17)18;8-7(9,10)5-11-3-1-2-6(11)4-12/h4-5,7,11H,2-3,6,8-9H2,1H3;6,12H,1-5H2/t11-;6-/m00/s1. The molecule has 0 aliphatic carbocycles. The summed E-state index contributed by atoms with van der Waals surface area (Å²) in [5.74, 6) is 0. The number of hydrogen-bond donors (Lipinski definition) is 1. The Hall–Kier alpha value is -2.65. The predicted octanol–water partition coefficient (Wildman–Crippen LogP) is 3.28. The molecule has 2 aromatic rings. The van der Waals surface area contributed by atoms with Gasteiger partial charge in [0.2, 0.25) is 0 Å². The van der Waals surface area contributed by atoms with E-state index in [2.05, 4.69) is 0 Å². The first-order chi connectivity index (χ1) is 17.2. The van der Waals surface area contributed by atoms with Gasteiger partial charge in [0.1, 0.15) is 0 Å². The van der Waals surface area contributed by atoms with E-state index < -0.39 is 42.1 Å². The van der Waals surface area contributed by atoms with Crippen molar-refractivity contribution in [2.75, 3.05) is 32.8 Å². The minimum absolute atomic E-state index is 0.0768. The molecule has 0 amide bonds. The van der Waals surface area contributed by atoms with Crippen molar-refractivity contribution in [2.24, 2.45) is 7.05 Å². The van der Waals surface area contributed by atoms with Crippen LogP contribution in [0.15, 0.2) is 23.0 Å². The Bertz CT molecular complexity index is 1150. The summed E-state index contributed by atoms with van der Waals surface area (Å²) in [5, 5.41) is 19.7. The highest BCUT2D eigenvalue weighted by Gasteiger charge is 2.37. The van der Waals surface area contributed by atoms with Crippen molar-refractivity contribution < 1.29 is 36.4 Å². The number of nitrogens with zero attached hydrogens (tertiary/aromatic N) is 5. The van der Waals surface area contributed by atoms with Crippen molar-refractivity contribution >= 4 is 16.7 Å². The van der Waals surface area contributed by atoms with Gasteiger partial charge in [0.25, 0.3) is 5.69 Å². The minimum atomic E-state index is -4.30. The van der Waals surface area contributed by atoms with E-state index >= 15 is 0 Å². The van der Waals surface area contributed by atoms with Gasteiger partial charge in [-0.05, 0) is 44.8 Å². The molecule has 37 heavy (non-hydrogen) atoms. The van der Waals surface area contributed by atoms with Crippen LogP contribution in [0.25, 0.3) is 11.0 Å². The second-order valence-corrected chi connectivity index (χ2v) is 9.33. The van der Waals surface area contributed by atoms with Crippen LogP contribution >= 0.6 is 0 Å². The summed E-state index contributed by atoms with van der Waals surface area (Å²) in [5.41, 5.74) is 0.316. The van der Waals surface area contributed by atoms with Crippen molar-refractivity contribution in [1.82, 2.24) is 18.9 Å². The number of likely N-dealkylation sites (tertiary alicyclic amines) is 2. The summed E-state index contributed by atoms with van der Waals surface area (Å²) in [7, 11) is 1.54. The molecule has 1 aromatic carbocycles. The number of imidazole rings is 1. The Kier molecular flexibility index (Phi) is 8.90. The summed E-state index contributed by atoms with van der Waals surface area (Å²) >= 11 is 0. The van der Waals surface area contributed by atoms with Gasteiger partial charge in [-0.15, -0.1) is 0 Å². The monoisotopic (exact) mass is 541 g/mol. The third kappa shape index (κ3) is 7.45. The van der Waals surface area contributed by atoms with E-state index in [-0.39, 0.29) is 24.9 Å². The topological polar surface area (TPSA) is 96.8 Å². The van der Waals surface area contributed by atoms with Gasteiger partial charge in [-0.2, -0.15) is 26.3 Å². The minimum Gasteiger partial charge on any atom is -0.395 e. The molecule has 2 aliphatic heterocycles. The molecule has 0 bridgehead atoms. The summed E-state index contributed by atoms with van der Waals surface area (Å²) in [6, 6.07) is 3.36. The number of aryl methyl sites for hydroxylation is 1. The zero-order valence-electron chi connectivity index (χ0n) is 20.1. The third-order valence-corrected chi connectivity index (χ3v) is 6.71. The summed E-state index contributed by atoms with van der Waals surface area (Å²) in [6.07, 6.45) is -5.84. The van der Waals surface area contributed by atoms with E-state index in [1.165, 1.54) is 44.2 Å². The summed E-state index contributed by atoms with van der Waals surface area (Å²) in [4.78, 5) is 25.5. The van der Waals surface area contributed by atoms with Crippen LogP contribution in [0.1, 0.15) is 25.7 Å². The normalized spacial score (nSPS) is 21.4. The quantitative estimate of drug-likeness (QED) is 0.343. The first kappa shape index (κ1) is 28.9. The van der Waals surface area contributed by atoms with E-state index in [4.69, 9.17) is 5.11 Å². The maximum Gasteiger partial charge on any atom is 0.401 e. The number of nitro benzene ring substituents is 1. The van der Waals surface area contributed by atoms with Crippen LogP contribution < -0.4 is 5.69 Å². The fourth-order valence-corrected chi connectivity index (χ4v) is 4.98. The van der Waals surface area contributed by atoms with Crippen molar-refractivity contribution in [3.63, 3.8) is 0 Å². The van der Waals surface area contributed by atoms with Gasteiger partial charge in [-0.3, -0.25) is 29.0 Å². The molecule has 4 rings (SSSR count). The number of hydrogen-bond acceptors (Lipinski definition) is 6. The van der Waals surface area contributed by atoms with E-state index in [1.807, 2.05) is 0 Å². The molecule has 0 saturated carbocycles. The highest BCUT2D eigenvalue weighted by atomic mass is 19.4. The SMILES string of the molecule is Cn1c(=O)n(C[C@@H]2CCCN2CC(F)(F)F)c2cc([N+](=O)[O-])ccc21.OC[C@@H]1CCCN1CC(F)(F)F. The molecular formula is C22H29F6N5O4. The van der Waals surface area contributed by atoms with Crippen molar-refractivity contribution in [3.8, 4) is 0 Å². The Morgan fingerprint density at radius 1 is 0.973 bits per heavy atom. The fourth-order valence-electron chi connectivity index (χ4n) is 4.98. The zero-order chi connectivity index (χ0) is 27.5. The second kappa shape index (κ2) is 11.4. The third-order valence-electron chi connectivity index (χ3n) is 6.71. The highest BCUT2D eigenvalue weighted by Crippen LogP contribution is 2.27. The van der Waals surface area contributed by atoms with Gasteiger partial charge in [-0.25, -0.2) is 4.79 Å². The van der Waals surface area contributed by atoms with Gasteiger partial charge in [0.15, 0.2) is 0 Å². The molecule has 2 saturated heterocycles. The molecule has 2 atom stereocenters. The molecule has 0 spiro atoms. The molecular weight excluding hydrogens is 512 g/mol. The van der Waals surface area contributed by atoms with Gasteiger partial charge < -0.3 is 5.11 Å². The van der Waals surface area contributed by atoms with E-state index in [1.54, 1.807) is 0 Å². The molecule has 1 N–H and O–H groups in total. The number of benzene rings is 1. The Balaban J connectivity index is 0.000000266. The van der Waals surface area contributed by atoms with Crippen LogP contribution in [0.4, 0.5) is 32.0 Å². The zero-order valence-corrected chi connectivity index (χ0v) is 20.1. The number of rotatable bonds is 6. The Labute approximate surface area is 208 Å². The van der Waals surface area contributed by atoms with Gasteiger partial charge in [0, 0.05) is 37.8 Å². The molecule has 0 unspecified atom stereocenters. The van der Waals surface area contributed by atoms with Crippen molar-refractivity contribution in [1.29, 1.82) is 0 Å². The largest absolute Gasteiger partial charge is 0.401 e. The molecule has 1 aromatic heterocycles. The highest BCUT2D eigenvalue weighted by molar-refractivity contribution is 5.78. The number of aliphatic hydroxyl groups is 1. The van der Waals surface area contributed by atoms with Gasteiger partial charge in [0.05, 0.1) is 35.7 Å². The maximum absolute atomic E-state index is 12.7. The molecule has 0 radical (unpaired) electrons. The second-order valence-electron chi connectivity index (χ2n) is 9.33. The maximum atomic E-state index is 12.7. The number of halogens is 6. The summed E-state index contributed by atoms with van der Waals surface area (Å²) < 4.78 is 76.5. The number of fused-ring (bicyclic) bond motifs is 1. The lowest BCUT2D eigenvalue weighted by molar-refractivity contribution is -0.384. The van der Waals surface area contributed by atoms with Crippen LogP contribution in [-0.2, 0) is 13.6 Å².